The summed E-state index contributed by atoms with van der Waals surface area (Å²) >= 11 is 0. The third-order valence-electron chi connectivity index (χ3n) is 8.77. The van der Waals surface area contributed by atoms with Gasteiger partial charge in [-0.05, 0) is 30.9 Å². The van der Waals surface area contributed by atoms with Gasteiger partial charge in [-0.15, -0.1) is 6.58 Å². The van der Waals surface area contributed by atoms with Crippen molar-refractivity contribution >= 4 is 17.9 Å². The van der Waals surface area contributed by atoms with Crippen molar-refractivity contribution in [2.24, 2.45) is 0 Å². The van der Waals surface area contributed by atoms with E-state index in [1.54, 1.807) is 12.1 Å². The zero-order valence-corrected chi connectivity index (χ0v) is 21.3. The van der Waals surface area contributed by atoms with Crippen LogP contribution in [0.15, 0.2) is 24.8 Å². The Morgan fingerprint density at radius 2 is 1.82 bits per heavy atom. The molecular formula is C26H31NO13. The Balaban J connectivity index is 0.000000758. The minimum Gasteiger partial charge on any atom is -0.479 e. The van der Waals surface area contributed by atoms with Crippen molar-refractivity contribution in [1.82, 2.24) is 4.90 Å². The number of carbonyl (C=O) groups is 3. The molecule has 5 aliphatic rings. The summed E-state index contributed by atoms with van der Waals surface area (Å²) in [5.74, 6) is -1.28. The zero-order chi connectivity index (χ0) is 29.1. The van der Waals surface area contributed by atoms with Crippen molar-refractivity contribution in [3.63, 3.8) is 0 Å². The molecule has 2 bridgehead atoms. The summed E-state index contributed by atoms with van der Waals surface area (Å²) in [6.45, 7) is 5.10. The van der Waals surface area contributed by atoms with Gasteiger partial charge in [0.25, 0.3) is 0 Å². The lowest BCUT2D eigenvalue weighted by atomic mass is 9.49. The summed E-state index contributed by atoms with van der Waals surface area (Å²) in [6, 6.07) is 3.19. The maximum atomic E-state index is 13.1. The normalized spacial score (nSPS) is 39.2. The van der Waals surface area contributed by atoms with Gasteiger partial charge in [0.05, 0.1) is 11.0 Å². The maximum Gasteiger partial charge on any atom is 0.503 e. The molecule has 40 heavy (non-hydrogen) atoms. The van der Waals surface area contributed by atoms with Gasteiger partial charge in [-0.1, -0.05) is 12.1 Å². The molecule has 6 rings (SSSR count). The minimum atomic E-state index is -1.85. The fourth-order valence-corrected chi connectivity index (χ4v) is 7.15. The Morgan fingerprint density at radius 1 is 1.12 bits per heavy atom. The van der Waals surface area contributed by atoms with Crippen LogP contribution in [0.2, 0.25) is 0 Å². The number of ketones is 1. The van der Waals surface area contributed by atoms with E-state index in [9.17, 15) is 35.1 Å². The van der Waals surface area contributed by atoms with Crippen LogP contribution in [0.3, 0.4) is 0 Å². The summed E-state index contributed by atoms with van der Waals surface area (Å²) in [7, 11) is 0. The van der Waals surface area contributed by atoms with Crippen LogP contribution >= 0.6 is 0 Å². The third-order valence-corrected chi connectivity index (χ3v) is 8.77. The van der Waals surface area contributed by atoms with Gasteiger partial charge < -0.3 is 50.0 Å². The van der Waals surface area contributed by atoms with Crippen molar-refractivity contribution in [3.05, 3.63) is 35.9 Å². The monoisotopic (exact) mass is 565 g/mol. The molecule has 0 amide bonds. The molecule has 3 fully saturated rings. The SMILES string of the molecule is C=CCN1CC[C@]23c4c5ccc(OC6OC(C(=O)O)C(O)C(O)C6O)c4O[C@H]2C(=O)CC[C@@]3(O)[C@H]1C5.O=C(O)O. The molecular weight excluding hydrogens is 534 g/mol. The van der Waals surface area contributed by atoms with Crippen LogP contribution in [0.4, 0.5) is 4.79 Å². The van der Waals surface area contributed by atoms with Gasteiger partial charge in [0.2, 0.25) is 6.29 Å². The van der Waals surface area contributed by atoms with E-state index in [1.807, 2.05) is 6.07 Å². The number of hydrogen-bond donors (Lipinski definition) is 7. The molecule has 218 valence electrons. The summed E-state index contributed by atoms with van der Waals surface area (Å²) in [5, 5.41) is 66.1. The number of aliphatic hydroxyl groups is 4. The van der Waals surface area contributed by atoms with Crippen molar-refractivity contribution in [2.45, 2.75) is 79.6 Å². The average Bonchev–Trinajstić information content (AvgIpc) is 3.24. The standard InChI is InChI=1S/C25H29NO10.CH2O3/c1-2-8-26-9-7-24-15-11-3-4-13(34-23-18(30)16(28)17(29)20(36-23)22(31)32)19(15)35-21(24)12(27)5-6-25(24,33)14(26)10-11;2-1(3)4/h2-4,14,16-18,20-21,23,28-30,33H,1,5-10H2,(H,31,32);(H2,2,3,4)/t14-,16?,17?,18?,20?,21+,23?,24+,25-;/m1./s1. The van der Waals surface area contributed by atoms with Crippen LogP contribution in [0, 0.1) is 0 Å². The van der Waals surface area contributed by atoms with Gasteiger partial charge in [-0.3, -0.25) is 9.69 Å². The van der Waals surface area contributed by atoms with E-state index in [1.165, 1.54) is 0 Å². The first kappa shape index (κ1) is 28.3. The number of carboxylic acids is 1. The molecule has 1 aromatic carbocycles. The van der Waals surface area contributed by atoms with E-state index in [0.29, 0.717) is 37.9 Å². The van der Waals surface area contributed by atoms with Gasteiger partial charge in [-0.2, -0.15) is 0 Å². The minimum absolute atomic E-state index is 0.0939. The predicted octanol–water partition coefficient (Wildman–Crippen LogP) is -0.911. The zero-order valence-electron chi connectivity index (χ0n) is 21.3. The van der Waals surface area contributed by atoms with E-state index in [2.05, 4.69) is 11.5 Å². The van der Waals surface area contributed by atoms with E-state index < -0.39 is 60.0 Å². The van der Waals surface area contributed by atoms with Crippen LogP contribution < -0.4 is 9.47 Å². The quantitative estimate of drug-likeness (QED) is 0.215. The third kappa shape index (κ3) is 3.97. The van der Waals surface area contributed by atoms with Crippen molar-refractivity contribution in [3.8, 4) is 11.5 Å². The number of nitrogens with zero attached hydrogens (tertiary/aromatic N) is 1. The van der Waals surface area contributed by atoms with Gasteiger partial charge >= 0.3 is 12.1 Å². The largest absolute Gasteiger partial charge is 0.503 e. The molecule has 0 aromatic heterocycles. The highest BCUT2D eigenvalue weighted by Gasteiger charge is 2.73. The highest BCUT2D eigenvalue weighted by molar-refractivity contribution is 5.90. The highest BCUT2D eigenvalue weighted by atomic mass is 16.7. The van der Waals surface area contributed by atoms with Crippen LogP contribution in [0.25, 0.3) is 0 Å². The van der Waals surface area contributed by atoms with Gasteiger partial charge in [0.1, 0.15) is 18.3 Å². The summed E-state index contributed by atoms with van der Waals surface area (Å²) < 4.78 is 17.4. The maximum absolute atomic E-state index is 13.1. The first-order chi connectivity index (χ1) is 18.9. The Hall–Kier alpha value is -3.27. The second kappa shape index (κ2) is 9.98. The smallest absolute Gasteiger partial charge is 0.479 e. The first-order valence-corrected chi connectivity index (χ1v) is 12.8. The number of ether oxygens (including phenoxy) is 3. The number of rotatable bonds is 5. The number of hydrogen-bond acceptors (Lipinski definition) is 11. The van der Waals surface area contributed by atoms with Crippen molar-refractivity contribution < 1.29 is 64.3 Å². The predicted molar refractivity (Wildman–Crippen MR) is 131 cm³/mol. The lowest BCUT2D eigenvalue weighted by molar-refractivity contribution is -0.271. The van der Waals surface area contributed by atoms with Crippen LogP contribution in [-0.2, 0) is 26.2 Å². The van der Waals surface area contributed by atoms with Crippen molar-refractivity contribution in [1.29, 1.82) is 0 Å². The molecule has 1 spiro atoms. The molecule has 7 N–H and O–H groups in total. The second-order valence-electron chi connectivity index (χ2n) is 10.7. The van der Waals surface area contributed by atoms with E-state index >= 15 is 0 Å². The number of Topliss-reactive ketones (excluding diaryl/α,β-unsaturated/α-hetero) is 1. The molecule has 14 heteroatoms. The van der Waals surface area contributed by atoms with Gasteiger partial charge in [-0.25, -0.2) is 9.59 Å². The Morgan fingerprint density at radius 3 is 2.48 bits per heavy atom. The topological polar surface area (TPSA) is 224 Å². The molecule has 1 aromatic rings. The molecule has 2 saturated heterocycles. The molecule has 5 unspecified atom stereocenters. The van der Waals surface area contributed by atoms with E-state index in [0.717, 1.165) is 5.56 Å². The molecule has 3 aliphatic heterocycles. The van der Waals surface area contributed by atoms with Crippen molar-refractivity contribution in [2.75, 3.05) is 13.1 Å². The Labute approximate surface area is 227 Å². The number of carboxylic acid groups (broad SMARTS) is 3. The number of aliphatic carboxylic acids is 1. The molecule has 14 nitrogen and oxygen atoms in total. The number of carbonyl (C=O) groups excluding carboxylic acids is 1. The molecule has 3 heterocycles. The van der Waals surface area contributed by atoms with E-state index in [4.69, 9.17) is 29.2 Å². The molecule has 2 aliphatic carbocycles. The lowest BCUT2D eigenvalue weighted by Gasteiger charge is -2.62. The highest BCUT2D eigenvalue weighted by Crippen LogP contribution is 2.65. The Kier molecular flexibility index (Phi) is 7.05. The number of aliphatic hydroxyl groups excluding tert-OH is 3. The number of piperidine rings is 1. The van der Waals surface area contributed by atoms with Crippen LogP contribution in [0.1, 0.15) is 30.4 Å². The summed E-state index contributed by atoms with van der Waals surface area (Å²) in [6.07, 6.45) is -8.27. The first-order valence-electron chi connectivity index (χ1n) is 12.8. The summed E-state index contributed by atoms with van der Waals surface area (Å²) in [4.78, 5) is 35.4. The second-order valence-corrected chi connectivity index (χ2v) is 10.7. The van der Waals surface area contributed by atoms with Crippen LogP contribution in [0.5, 0.6) is 11.5 Å². The van der Waals surface area contributed by atoms with Crippen LogP contribution in [-0.4, -0.2) is 120 Å². The fourth-order valence-electron chi connectivity index (χ4n) is 7.15. The summed E-state index contributed by atoms with van der Waals surface area (Å²) in [5.41, 5.74) is -0.546. The Bertz CT molecular complexity index is 1230. The van der Waals surface area contributed by atoms with Gasteiger partial charge in [0, 0.05) is 31.1 Å². The molecule has 1 saturated carbocycles. The fraction of sp³-hybridized carbons (Fsp3) is 0.577. The lowest BCUT2D eigenvalue weighted by Crippen LogP contribution is -2.76. The van der Waals surface area contributed by atoms with E-state index in [-0.39, 0.29) is 29.7 Å². The van der Waals surface area contributed by atoms with Gasteiger partial charge in [0.15, 0.2) is 29.5 Å². The number of benzene rings is 1. The number of likely N-dealkylation sites (tertiary alicyclic amines) is 1. The molecule has 9 atom stereocenters. The average molecular weight is 566 g/mol. The molecule has 0 radical (unpaired) electrons.